The second-order valence-corrected chi connectivity index (χ2v) is 7.70. The van der Waals surface area contributed by atoms with E-state index in [0.717, 1.165) is 17.4 Å². The van der Waals surface area contributed by atoms with Crippen LogP contribution in [-0.2, 0) is 14.3 Å². The third-order valence-corrected chi connectivity index (χ3v) is 5.22. The van der Waals surface area contributed by atoms with E-state index in [1.54, 1.807) is 0 Å². The van der Waals surface area contributed by atoms with Gasteiger partial charge < -0.3 is 25.8 Å². The van der Waals surface area contributed by atoms with Crippen molar-refractivity contribution in [3.05, 3.63) is 18.2 Å². The van der Waals surface area contributed by atoms with Gasteiger partial charge in [-0.1, -0.05) is 11.3 Å². The van der Waals surface area contributed by atoms with E-state index in [1.807, 2.05) is 0 Å². The van der Waals surface area contributed by atoms with Crippen molar-refractivity contribution in [2.75, 3.05) is 25.1 Å². The Labute approximate surface area is 167 Å². The summed E-state index contributed by atoms with van der Waals surface area (Å²) in [6.07, 6.45) is -3.57. The Balaban J connectivity index is 1.52. The molecule has 0 spiro atoms. The number of aromatic nitrogens is 1. The predicted molar refractivity (Wildman–Crippen MR) is 99.5 cm³/mol. The second-order valence-electron chi connectivity index (χ2n) is 6.67. The van der Waals surface area contributed by atoms with Crippen LogP contribution in [0.2, 0.25) is 0 Å². The Hall–Kier alpha value is -2.44. The maximum absolute atomic E-state index is 12.3. The van der Waals surface area contributed by atoms with Crippen LogP contribution in [0.5, 0.6) is 5.75 Å². The van der Waals surface area contributed by atoms with Crippen LogP contribution in [0.3, 0.4) is 0 Å². The number of thiazole rings is 1. The van der Waals surface area contributed by atoms with Gasteiger partial charge >= 0.3 is 6.36 Å². The Kier molecular flexibility index (Phi) is 6.24. The molecule has 0 aliphatic carbocycles. The Morgan fingerprint density at radius 2 is 2.00 bits per heavy atom. The number of rotatable bonds is 6. The summed E-state index contributed by atoms with van der Waals surface area (Å²) in [5.41, 5.74) is 5.93. The monoisotopic (exact) mass is 432 g/mol. The average Bonchev–Trinajstić information content (AvgIpc) is 3.00. The van der Waals surface area contributed by atoms with E-state index in [4.69, 9.17) is 10.5 Å². The predicted octanol–water partition coefficient (Wildman–Crippen LogP) is 2.15. The van der Waals surface area contributed by atoms with E-state index in [9.17, 15) is 22.8 Å². The molecule has 2 amide bonds. The molecule has 158 valence electrons. The summed E-state index contributed by atoms with van der Waals surface area (Å²) in [6, 6.07) is 3.69. The number of fused-ring (bicyclic) bond motifs is 1. The summed E-state index contributed by atoms with van der Waals surface area (Å²) in [4.78, 5) is 28.2. The number of amides is 2. The highest BCUT2D eigenvalue weighted by atomic mass is 32.1. The SMILES string of the molecule is NC1(CC(=O)NCC(=O)Nc2nc3ccc(OC(F)(F)F)cc3s2)CCOCC1. The van der Waals surface area contributed by atoms with E-state index < -0.39 is 17.8 Å². The van der Waals surface area contributed by atoms with Gasteiger partial charge in [0.15, 0.2) is 5.13 Å². The third kappa shape index (κ3) is 6.27. The van der Waals surface area contributed by atoms with Crippen molar-refractivity contribution < 1.29 is 32.2 Å². The molecule has 3 rings (SSSR count). The topological polar surface area (TPSA) is 116 Å². The summed E-state index contributed by atoms with van der Waals surface area (Å²) in [7, 11) is 0. The van der Waals surface area contributed by atoms with Crippen molar-refractivity contribution in [3.63, 3.8) is 0 Å². The Morgan fingerprint density at radius 3 is 2.69 bits per heavy atom. The van der Waals surface area contributed by atoms with E-state index in [2.05, 4.69) is 20.4 Å². The molecule has 1 aromatic heterocycles. The molecule has 0 unspecified atom stereocenters. The summed E-state index contributed by atoms with van der Waals surface area (Å²) in [5.74, 6) is -1.23. The average molecular weight is 432 g/mol. The molecule has 4 N–H and O–H groups in total. The molecule has 1 aliphatic rings. The van der Waals surface area contributed by atoms with Crippen molar-refractivity contribution in [1.29, 1.82) is 0 Å². The molecule has 0 bridgehead atoms. The minimum absolute atomic E-state index is 0.0900. The summed E-state index contributed by atoms with van der Waals surface area (Å²) < 4.78 is 46.4. The van der Waals surface area contributed by atoms with Gasteiger partial charge in [-0.3, -0.25) is 9.59 Å². The first kappa shape index (κ1) is 21.3. The molecule has 0 atom stereocenters. The van der Waals surface area contributed by atoms with Crippen molar-refractivity contribution in [1.82, 2.24) is 10.3 Å². The van der Waals surface area contributed by atoms with Crippen LogP contribution in [-0.4, -0.2) is 48.5 Å². The van der Waals surface area contributed by atoms with Gasteiger partial charge in [0.05, 0.1) is 16.8 Å². The van der Waals surface area contributed by atoms with Crippen LogP contribution in [0.15, 0.2) is 18.2 Å². The van der Waals surface area contributed by atoms with Crippen LogP contribution >= 0.6 is 11.3 Å². The first-order valence-corrected chi connectivity index (χ1v) is 9.53. The quantitative estimate of drug-likeness (QED) is 0.644. The van der Waals surface area contributed by atoms with Crippen molar-refractivity contribution in [2.24, 2.45) is 5.73 Å². The normalized spacial score (nSPS) is 16.4. The lowest BCUT2D eigenvalue weighted by Crippen LogP contribution is -2.49. The van der Waals surface area contributed by atoms with Gasteiger partial charge in [0.1, 0.15) is 5.75 Å². The zero-order chi connectivity index (χ0) is 21.1. The maximum atomic E-state index is 12.3. The molecule has 2 aromatic rings. The largest absolute Gasteiger partial charge is 0.573 e. The van der Waals surface area contributed by atoms with Crippen LogP contribution in [0.25, 0.3) is 10.2 Å². The molecular formula is C17H19F3N4O4S. The van der Waals surface area contributed by atoms with Gasteiger partial charge in [-0.2, -0.15) is 0 Å². The van der Waals surface area contributed by atoms with Gasteiger partial charge in [0.25, 0.3) is 0 Å². The molecule has 0 saturated carbocycles. The number of carbonyl (C=O) groups is 2. The number of ether oxygens (including phenoxy) is 2. The van der Waals surface area contributed by atoms with E-state index in [-0.39, 0.29) is 29.8 Å². The van der Waals surface area contributed by atoms with Gasteiger partial charge in [0.2, 0.25) is 11.8 Å². The van der Waals surface area contributed by atoms with E-state index >= 15 is 0 Å². The lowest BCUT2D eigenvalue weighted by molar-refractivity contribution is -0.274. The van der Waals surface area contributed by atoms with Crippen LogP contribution in [0.4, 0.5) is 18.3 Å². The first-order valence-electron chi connectivity index (χ1n) is 8.71. The van der Waals surface area contributed by atoms with Crippen molar-refractivity contribution >= 4 is 38.5 Å². The number of carbonyl (C=O) groups excluding carboxylic acids is 2. The zero-order valence-corrected chi connectivity index (χ0v) is 16.0. The van der Waals surface area contributed by atoms with Crippen LogP contribution in [0.1, 0.15) is 19.3 Å². The fourth-order valence-electron chi connectivity index (χ4n) is 2.83. The molecule has 0 radical (unpaired) electrons. The van der Waals surface area contributed by atoms with Gasteiger partial charge in [-0.05, 0) is 25.0 Å². The summed E-state index contributed by atoms with van der Waals surface area (Å²) in [6.45, 7) is 0.721. The fourth-order valence-corrected chi connectivity index (χ4v) is 3.75. The second kappa shape index (κ2) is 8.51. The number of anilines is 1. The molecule has 1 aromatic carbocycles. The van der Waals surface area contributed by atoms with Gasteiger partial charge in [0, 0.05) is 31.2 Å². The number of alkyl halides is 3. The molecule has 1 aliphatic heterocycles. The molecule has 12 heteroatoms. The molecule has 1 saturated heterocycles. The molecule has 2 heterocycles. The van der Waals surface area contributed by atoms with Gasteiger partial charge in [-0.25, -0.2) is 4.98 Å². The van der Waals surface area contributed by atoms with Crippen LogP contribution in [0, 0.1) is 0 Å². The fraction of sp³-hybridized carbons (Fsp3) is 0.471. The number of nitrogens with two attached hydrogens (primary N) is 1. The number of halogens is 3. The maximum Gasteiger partial charge on any atom is 0.573 e. The Bertz CT molecular complexity index is 896. The minimum Gasteiger partial charge on any atom is -0.406 e. The molecular weight excluding hydrogens is 413 g/mol. The number of hydrogen-bond donors (Lipinski definition) is 3. The van der Waals surface area contributed by atoms with E-state index in [1.165, 1.54) is 12.1 Å². The molecule has 8 nitrogen and oxygen atoms in total. The zero-order valence-electron chi connectivity index (χ0n) is 15.2. The number of nitrogens with one attached hydrogen (secondary N) is 2. The van der Waals surface area contributed by atoms with Crippen molar-refractivity contribution in [2.45, 2.75) is 31.2 Å². The number of benzene rings is 1. The number of nitrogens with zero attached hydrogens (tertiary/aromatic N) is 1. The Morgan fingerprint density at radius 1 is 1.28 bits per heavy atom. The first-order chi connectivity index (χ1) is 13.6. The minimum atomic E-state index is -4.79. The number of hydrogen-bond acceptors (Lipinski definition) is 7. The van der Waals surface area contributed by atoms with Crippen LogP contribution < -0.4 is 21.1 Å². The van der Waals surface area contributed by atoms with E-state index in [0.29, 0.717) is 36.3 Å². The van der Waals surface area contributed by atoms with Gasteiger partial charge in [-0.15, -0.1) is 13.2 Å². The highest BCUT2D eigenvalue weighted by Gasteiger charge is 2.31. The summed E-state index contributed by atoms with van der Waals surface area (Å²) >= 11 is 0.991. The lowest BCUT2D eigenvalue weighted by atomic mass is 9.87. The lowest BCUT2D eigenvalue weighted by Gasteiger charge is -2.32. The van der Waals surface area contributed by atoms with Crippen molar-refractivity contribution in [3.8, 4) is 5.75 Å². The smallest absolute Gasteiger partial charge is 0.406 e. The molecule has 29 heavy (non-hydrogen) atoms. The standard InChI is InChI=1S/C17H19F3N4O4S/c18-17(19,20)28-10-1-2-11-12(7-10)29-15(23-11)24-14(26)9-22-13(25)8-16(21)3-5-27-6-4-16/h1-2,7H,3-6,8-9,21H2,(H,22,25)(H,23,24,26). The highest BCUT2D eigenvalue weighted by molar-refractivity contribution is 7.22. The third-order valence-electron chi connectivity index (χ3n) is 4.29. The summed E-state index contributed by atoms with van der Waals surface area (Å²) in [5, 5.41) is 5.21. The molecule has 1 fully saturated rings. The highest BCUT2D eigenvalue weighted by Crippen LogP contribution is 2.31.